The predicted molar refractivity (Wildman–Crippen MR) is 62.6 cm³/mol. The van der Waals surface area contributed by atoms with E-state index in [1.807, 2.05) is 18.2 Å². The van der Waals surface area contributed by atoms with Crippen LogP contribution in [0, 0.1) is 0 Å². The first-order chi connectivity index (χ1) is 8.08. The lowest BCUT2D eigenvalue weighted by Crippen LogP contribution is -2.24. The summed E-state index contributed by atoms with van der Waals surface area (Å²) in [5.74, 6) is -1.62. The average molecular weight is 228 g/mol. The van der Waals surface area contributed by atoms with Crippen molar-refractivity contribution >= 4 is 28.3 Å². The molecule has 0 saturated carbocycles. The number of hydrogen-bond donors (Lipinski definition) is 1. The molecule has 0 aliphatic carbocycles. The fourth-order valence-corrected chi connectivity index (χ4v) is 1.70. The standard InChI is InChI=1S/C13H11NO3/c1-8(15)14-12-7-10-5-3-2-4-9(10)6-11(12)13(16)17/h2-7H,1H3,(H,14,15)(H,16,17)/p-1. The van der Waals surface area contributed by atoms with Gasteiger partial charge in [0.05, 0.1) is 11.7 Å². The van der Waals surface area contributed by atoms with Gasteiger partial charge in [0.1, 0.15) is 0 Å². The number of carboxylic acid groups (broad SMARTS) is 1. The van der Waals surface area contributed by atoms with Gasteiger partial charge in [0.25, 0.3) is 0 Å². The molecule has 1 amide bonds. The number of hydrogen-bond acceptors (Lipinski definition) is 3. The molecule has 0 unspecified atom stereocenters. The number of anilines is 1. The van der Waals surface area contributed by atoms with E-state index in [-0.39, 0.29) is 17.2 Å². The summed E-state index contributed by atoms with van der Waals surface area (Å²) in [4.78, 5) is 22.0. The summed E-state index contributed by atoms with van der Waals surface area (Å²) in [7, 11) is 0. The molecule has 0 bridgehead atoms. The summed E-state index contributed by atoms with van der Waals surface area (Å²) >= 11 is 0. The highest BCUT2D eigenvalue weighted by atomic mass is 16.4. The first-order valence-electron chi connectivity index (χ1n) is 5.09. The van der Waals surface area contributed by atoms with E-state index in [0.29, 0.717) is 0 Å². The highest BCUT2D eigenvalue weighted by molar-refractivity contribution is 6.04. The summed E-state index contributed by atoms with van der Waals surface area (Å²) in [5.41, 5.74) is 0.245. The second-order valence-electron chi connectivity index (χ2n) is 3.71. The van der Waals surface area contributed by atoms with Crippen LogP contribution < -0.4 is 10.4 Å². The number of amides is 1. The lowest BCUT2D eigenvalue weighted by atomic mass is 10.0. The molecule has 4 nitrogen and oxygen atoms in total. The van der Waals surface area contributed by atoms with Gasteiger partial charge in [-0.05, 0) is 22.9 Å². The molecule has 2 aromatic rings. The van der Waals surface area contributed by atoms with Gasteiger partial charge in [-0.1, -0.05) is 24.3 Å². The third kappa shape index (κ3) is 2.25. The van der Waals surface area contributed by atoms with Crippen molar-refractivity contribution < 1.29 is 14.7 Å². The van der Waals surface area contributed by atoms with Crippen molar-refractivity contribution in [2.75, 3.05) is 5.32 Å². The van der Waals surface area contributed by atoms with Crippen LogP contribution in [0.3, 0.4) is 0 Å². The molecule has 0 fully saturated rings. The van der Waals surface area contributed by atoms with Crippen LogP contribution in [0.1, 0.15) is 17.3 Å². The lowest BCUT2D eigenvalue weighted by Gasteiger charge is -2.12. The Morgan fingerprint density at radius 1 is 1.12 bits per heavy atom. The zero-order valence-corrected chi connectivity index (χ0v) is 9.19. The molecule has 0 aliphatic heterocycles. The van der Waals surface area contributed by atoms with Crippen molar-refractivity contribution in [1.29, 1.82) is 0 Å². The van der Waals surface area contributed by atoms with Gasteiger partial charge in [0, 0.05) is 12.5 Å². The molecule has 0 aliphatic rings. The van der Waals surface area contributed by atoms with Crippen LogP contribution in [0.5, 0.6) is 0 Å². The van der Waals surface area contributed by atoms with Crippen molar-refractivity contribution in [2.24, 2.45) is 0 Å². The Hall–Kier alpha value is -2.36. The molecule has 1 N–H and O–H groups in total. The summed E-state index contributed by atoms with van der Waals surface area (Å²) < 4.78 is 0. The number of carbonyl (C=O) groups is 2. The predicted octanol–water partition coefficient (Wildman–Crippen LogP) is 1.16. The topological polar surface area (TPSA) is 69.2 Å². The molecule has 86 valence electrons. The van der Waals surface area contributed by atoms with Gasteiger partial charge >= 0.3 is 0 Å². The van der Waals surface area contributed by atoms with E-state index in [9.17, 15) is 14.7 Å². The molecular weight excluding hydrogens is 218 g/mol. The van der Waals surface area contributed by atoms with Gasteiger partial charge in [0.2, 0.25) is 5.91 Å². The second-order valence-corrected chi connectivity index (χ2v) is 3.71. The van der Waals surface area contributed by atoms with Gasteiger partial charge in [0.15, 0.2) is 0 Å². The van der Waals surface area contributed by atoms with Gasteiger partial charge in [-0.2, -0.15) is 0 Å². The summed E-state index contributed by atoms with van der Waals surface area (Å²) in [5, 5.41) is 15.1. The highest BCUT2D eigenvalue weighted by Gasteiger charge is 2.07. The zero-order chi connectivity index (χ0) is 12.4. The van der Waals surface area contributed by atoms with Gasteiger partial charge in [-0.15, -0.1) is 0 Å². The quantitative estimate of drug-likeness (QED) is 0.838. The van der Waals surface area contributed by atoms with E-state index >= 15 is 0 Å². The minimum absolute atomic E-state index is 0.0149. The van der Waals surface area contributed by atoms with Crippen molar-refractivity contribution in [1.82, 2.24) is 0 Å². The van der Waals surface area contributed by atoms with Crippen LogP contribution in [-0.4, -0.2) is 11.9 Å². The van der Waals surface area contributed by atoms with Crippen LogP contribution in [0.2, 0.25) is 0 Å². The van der Waals surface area contributed by atoms with Crippen molar-refractivity contribution in [3.63, 3.8) is 0 Å². The SMILES string of the molecule is CC(=O)Nc1cc2ccccc2cc1C(=O)[O-]. The van der Waals surface area contributed by atoms with Gasteiger partial charge in [-0.25, -0.2) is 0 Å². The molecule has 17 heavy (non-hydrogen) atoms. The molecule has 4 heteroatoms. The fourth-order valence-electron chi connectivity index (χ4n) is 1.70. The molecular formula is C13H10NO3-. The van der Waals surface area contributed by atoms with Crippen LogP contribution in [0.25, 0.3) is 10.8 Å². The van der Waals surface area contributed by atoms with Gasteiger partial charge < -0.3 is 15.2 Å². The van der Waals surface area contributed by atoms with Crippen LogP contribution >= 0.6 is 0 Å². The fraction of sp³-hybridized carbons (Fsp3) is 0.0769. The normalized spacial score (nSPS) is 10.2. The largest absolute Gasteiger partial charge is 0.545 e. The Balaban J connectivity index is 2.66. The Bertz CT molecular complexity index is 605. The third-order valence-electron chi connectivity index (χ3n) is 2.42. The Morgan fingerprint density at radius 3 is 2.24 bits per heavy atom. The second kappa shape index (κ2) is 4.25. The summed E-state index contributed by atoms with van der Waals surface area (Å²) in [6.07, 6.45) is 0. The van der Waals surface area contributed by atoms with Crippen molar-refractivity contribution in [3.05, 3.63) is 42.0 Å². The smallest absolute Gasteiger partial charge is 0.221 e. The maximum Gasteiger partial charge on any atom is 0.221 e. The van der Waals surface area contributed by atoms with Crippen LogP contribution in [-0.2, 0) is 4.79 Å². The monoisotopic (exact) mass is 228 g/mol. The highest BCUT2D eigenvalue weighted by Crippen LogP contribution is 2.23. The van der Waals surface area contributed by atoms with Crippen molar-refractivity contribution in [2.45, 2.75) is 6.92 Å². The number of fused-ring (bicyclic) bond motifs is 1. The molecule has 0 radical (unpaired) electrons. The number of carboxylic acids is 1. The first-order valence-corrected chi connectivity index (χ1v) is 5.09. The first kappa shape index (κ1) is 11.1. The average Bonchev–Trinajstić information content (AvgIpc) is 2.27. The van der Waals surface area contributed by atoms with E-state index in [0.717, 1.165) is 10.8 Å². The Morgan fingerprint density at radius 2 is 1.71 bits per heavy atom. The maximum absolute atomic E-state index is 11.0. The number of rotatable bonds is 2. The van der Waals surface area contributed by atoms with E-state index in [2.05, 4.69) is 5.32 Å². The zero-order valence-electron chi connectivity index (χ0n) is 9.19. The van der Waals surface area contributed by atoms with E-state index in [1.54, 1.807) is 12.1 Å². The van der Waals surface area contributed by atoms with E-state index in [1.165, 1.54) is 13.0 Å². The molecule has 0 atom stereocenters. The van der Waals surface area contributed by atoms with Gasteiger partial charge in [-0.3, -0.25) is 4.79 Å². The molecule has 2 aromatic carbocycles. The van der Waals surface area contributed by atoms with Crippen LogP contribution in [0.4, 0.5) is 5.69 Å². The molecule has 0 heterocycles. The minimum atomic E-state index is -1.31. The number of benzene rings is 2. The minimum Gasteiger partial charge on any atom is -0.545 e. The molecule has 2 rings (SSSR count). The summed E-state index contributed by atoms with van der Waals surface area (Å²) in [6.45, 7) is 1.33. The molecule has 0 saturated heterocycles. The van der Waals surface area contributed by atoms with E-state index < -0.39 is 5.97 Å². The Labute approximate surface area is 97.9 Å². The number of carbonyl (C=O) groups excluding carboxylic acids is 2. The number of aromatic carboxylic acids is 1. The molecule has 0 aromatic heterocycles. The molecule has 0 spiro atoms. The van der Waals surface area contributed by atoms with Crippen LogP contribution in [0.15, 0.2) is 36.4 Å². The Kier molecular flexibility index (Phi) is 2.78. The van der Waals surface area contributed by atoms with Crippen molar-refractivity contribution in [3.8, 4) is 0 Å². The third-order valence-corrected chi connectivity index (χ3v) is 2.42. The number of nitrogens with one attached hydrogen (secondary N) is 1. The summed E-state index contributed by atoms with van der Waals surface area (Å²) in [6, 6.07) is 10.4. The van der Waals surface area contributed by atoms with E-state index in [4.69, 9.17) is 0 Å². The lowest BCUT2D eigenvalue weighted by molar-refractivity contribution is -0.254. The maximum atomic E-state index is 11.0.